The predicted molar refractivity (Wildman–Crippen MR) is 114 cm³/mol. The topological polar surface area (TPSA) is 35.5 Å². The van der Waals surface area contributed by atoms with Gasteiger partial charge in [-0.25, -0.2) is 0 Å². The molecular formula is C25H34O3. The number of esters is 1. The first kappa shape index (κ1) is 22.2. The Morgan fingerprint density at radius 1 is 0.893 bits per heavy atom. The van der Waals surface area contributed by atoms with E-state index in [-0.39, 0.29) is 18.0 Å². The lowest BCUT2D eigenvalue weighted by Gasteiger charge is -2.22. The molecule has 0 aromatic heterocycles. The second-order valence-corrected chi connectivity index (χ2v) is 7.34. The van der Waals surface area contributed by atoms with Gasteiger partial charge in [0.25, 0.3) is 0 Å². The van der Waals surface area contributed by atoms with Crippen LogP contribution >= 0.6 is 0 Å². The molecule has 0 N–H and O–H groups in total. The molecule has 0 bridgehead atoms. The van der Waals surface area contributed by atoms with Crippen molar-refractivity contribution in [3.05, 3.63) is 66.2 Å². The summed E-state index contributed by atoms with van der Waals surface area (Å²) in [6.07, 6.45) is 7.35. The highest BCUT2D eigenvalue weighted by Gasteiger charge is 2.24. The molecular weight excluding hydrogens is 348 g/mol. The van der Waals surface area contributed by atoms with Crippen LogP contribution in [0, 0.1) is 5.92 Å². The number of para-hydroxylation sites is 1. The summed E-state index contributed by atoms with van der Waals surface area (Å²) >= 11 is 0. The van der Waals surface area contributed by atoms with Crippen LogP contribution in [0.3, 0.4) is 0 Å². The van der Waals surface area contributed by atoms with Crippen LogP contribution in [0.25, 0.3) is 0 Å². The van der Waals surface area contributed by atoms with Crippen LogP contribution in [0.15, 0.2) is 60.7 Å². The van der Waals surface area contributed by atoms with Gasteiger partial charge in [0, 0.05) is 0 Å². The highest BCUT2D eigenvalue weighted by Crippen LogP contribution is 2.22. The molecule has 0 fully saturated rings. The maximum Gasteiger partial charge on any atom is 0.314 e. The van der Waals surface area contributed by atoms with E-state index in [9.17, 15) is 4.79 Å². The first-order valence-corrected chi connectivity index (χ1v) is 10.6. The average Bonchev–Trinajstić information content (AvgIpc) is 2.74. The van der Waals surface area contributed by atoms with Crippen LogP contribution in [-0.2, 0) is 16.1 Å². The first-order valence-electron chi connectivity index (χ1n) is 10.6. The van der Waals surface area contributed by atoms with E-state index < -0.39 is 0 Å². The minimum atomic E-state index is -0.157. The Morgan fingerprint density at radius 3 is 2.21 bits per heavy atom. The summed E-state index contributed by atoms with van der Waals surface area (Å²) in [5.74, 6) is 0.304. The van der Waals surface area contributed by atoms with E-state index in [1.807, 2.05) is 55.5 Å². The van der Waals surface area contributed by atoms with Gasteiger partial charge in [0.2, 0.25) is 0 Å². The molecule has 0 saturated heterocycles. The van der Waals surface area contributed by atoms with E-state index in [4.69, 9.17) is 9.47 Å². The maximum absolute atomic E-state index is 12.7. The molecule has 0 radical (unpaired) electrons. The number of hydrogen-bond donors (Lipinski definition) is 0. The molecule has 0 aliphatic carbocycles. The molecule has 2 rings (SSSR count). The van der Waals surface area contributed by atoms with Gasteiger partial charge in [0.05, 0.1) is 18.6 Å². The van der Waals surface area contributed by atoms with E-state index in [1.54, 1.807) is 0 Å². The molecule has 2 aromatic rings. The standard InChI is InChI=1S/C25H34O3/c1-3-5-6-11-18-24(27-20-21-14-9-7-10-15-21)19-22(4-2)25(26)28-23-16-12-8-13-17-23/h7-10,12-17,22,24H,3-6,11,18-20H2,1-2H3. The number of ether oxygens (including phenoxy) is 2. The second kappa shape index (κ2) is 13.1. The third-order valence-corrected chi connectivity index (χ3v) is 5.04. The fraction of sp³-hybridized carbons (Fsp3) is 0.480. The largest absolute Gasteiger partial charge is 0.426 e. The monoisotopic (exact) mass is 382 g/mol. The van der Waals surface area contributed by atoms with Crippen molar-refractivity contribution in [3.63, 3.8) is 0 Å². The van der Waals surface area contributed by atoms with Gasteiger partial charge in [-0.05, 0) is 37.0 Å². The second-order valence-electron chi connectivity index (χ2n) is 7.34. The number of hydrogen-bond acceptors (Lipinski definition) is 3. The maximum atomic E-state index is 12.7. The summed E-state index contributed by atoms with van der Waals surface area (Å²) in [5, 5.41) is 0. The van der Waals surface area contributed by atoms with Crippen LogP contribution in [0.2, 0.25) is 0 Å². The molecule has 2 unspecified atom stereocenters. The Kier molecular flexibility index (Phi) is 10.4. The number of benzene rings is 2. The van der Waals surface area contributed by atoms with Gasteiger partial charge >= 0.3 is 5.97 Å². The Morgan fingerprint density at radius 2 is 1.57 bits per heavy atom. The van der Waals surface area contributed by atoms with Crippen molar-refractivity contribution < 1.29 is 14.3 Å². The van der Waals surface area contributed by atoms with Crippen LogP contribution in [0.5, 0.6) is 5.75 Å². The van der Waals surface area contributed by atoms with Gasteiger partial charge < -0.3 is 9.47 Å². The van der Waals surface area contributed by atoms with Crippen molar-refractivity contribution >= 4 is 5.97 Å². The lowest BCUT2D eigenvalue weighted by atomic mass is 9.95. The summed E-state index contributed by atoms with van der Waals surface area (Å²) in [4.78, 5) is 12.7. The Balaban J connectivity index is 1.93. The summed E-state index contributed by atoms with van der Waals surface area (Å²) in [5.41, 5.74) is 1.17. The average molecular weight is 383 g/mol. The van der Waals surface area contributed by atoms with E-state index in [0.29, 0.717) is 18.8 Å². The molecule has 2 aromatic carbocycles. The molecule has 2 atom stereocenters. The first-order chi connectivity index (χ1) is 13.7. The summed E-state index contributed by atoms with van der Waals surface area (Å²) in [7, 11) is 0. The van der Waals surface area contributed by atoms with E-state index in [0.717, 1.165) is 19.3 Å². The molecule has 0 heterocycles. The summed E-state index contributed by atoms with van der Waals surface area (Å²) in [6, 6.07) is 19.5. The molecule has 0 spiro atoms. The van der Waals surface area contributed by atoms with E-state index in [1.165, 1.54) is 24.8 Å². The smallest absolute Gasteiger partial charge is 0.314 e. The quantitative estimate of drug-likeness (QED) is 0.223. The summed E-state index contributed by atoms with van der Waals surface area (Å²) < 4.78 is 11.8. The number of unbranched alkanes of at least 4 members (excludes halogenated alkanes) is 3. The van der Waals surface area contributed by atoms with Gasteiger partial charge in [0.1, 0.15) is 5.75 Å². The van der Waals surface area contributed by atoms with Crippen LogP contribution in [-0.4, -0.2) is 12.1 Å². The van der Waals surface area contributed by atoms with Gasteiger partial charge in [-0.2, -0.15) is 0 Å². The van der Waals surface area contributed by atoms with Crippen LogP contribution < -0.4 is 4.74 Å². The van der Waals surface area contributed by atoms with Gasteiger partial charge in [-0.15, -0.1) is 0 Å². The number of carbonyl (C=O) groups is 1. The third-order valence-electron chi connectivity index (χ3n) is 5.04. The number of carbonyl (C=O) groups excluding carboxylic acids is 1. The van der Waals surface area contributed by atoms with Crippen LogP contribution in [0.1, 0.15) is 64.4 Å². The molecule has 3 nitrogen and oxygen atoms in total. The minimum absolute atomic E-state index is 0.0744. The molecule has 0 saturated carbocycles. The molecule has 0 aliphatic heterocycles. The van der Waals surface area contributed by atoms with Crippen molar-refractivity contribution in [2.45, 2.75) is 71.5 Å². The summed E-state index contributed by atoms with van der Waals surface area (Å²) in [6.45, 7) is 4.85. The minimum Gasteiger partial charge on any atom is -0.426 e. The highest BCUT2D eigenvalue weighted by molar-refractivity contribution is 5.75. The van der Waals surface area contributed by atoms with E-state index >= 15 is 0 Å². The molecule has 0 aliphatic rings. The van der Waals surface area contributed by atoms with E-state index in [2.05, 4.69) is 19.1 Å². The van der Waals surface area contributed by atoms with Crippen LogP contribution in [0.4, 0.5) is 0 Å². The lowest BCUT2D eigenvalue weighted by molar-refractivity contribution is -0.140. The molecule has 152 valence electrons. The molecule has 3 heteroatoms. The highest BCUT2D eigenvalue weighted by atomic mass is 16.5. The zero-order chi connectivity index (χ0) is 20.0. The van der Waals surface area contributed by atoms with Gasteiger partial charge in [-0.3, -0.25) is 4.79 Å². The van der Waals surface area contributed by atoms with Gasteiger partial charge in [-0.1, -0.05) is 88.1 Å². The zero-order valence-electron chi connectivity index (χ0n) is 17.3. The fourth-order valence-electron chi connectivity index (χ4n) is 3.29. The zero-order valence-corrected chi connectivity index (χ0v) is 17.3. The molecule has 0 amide bonds. The fourth-order valence-corrected chi connectivity index (χ4v) is 3.29. The third kappa shape index (κ3) is 8.26. The Bertz CT molecular complexity index is 654. The van der Waals surface area contributed by atoms with Crippen molar-refractivity contribution in [1.29, 1.82) is 0 Å². The normalized spacial score (nSPS) is 13.1. The lowest BCUT2D eigenvalue weighted by Crippen LogP contribution is -2.26. The van der Waals surface area contributed by atoms with Crippen molar-refractivity contribution in [3.8, 4) is 5.75 Å². The SMILES string of the molecule is CCCCCCC(CC(CC)C(=O)Oc1ccccc1)OCc1ccccc1. The van der Waals surface area contributed by atoms with Crippen molar-refractivity contribution in [2.75, 3.05) is 0 Å². The Hall–Kier alpha value is -2.13. The van der Waals surface area contributed by atoms with Gasteiger partial charge in [0.15, 0.2) is 0 Å². The number of rotatable bonds is 13. The molecule has 28 heavy (non-hydrogen) atoms. The predicted octanol–water partition coefficient (Wildman–Crippen LogP) is 6.56. The van der Waals surface area contributed by atoms with Crippen molar-refractivity contribution in [2.24, 2.45) is 5.92 Å². The van der Waals surface area contributed by atoms with Crippen molar-refractivity contribution in [1.82, 2.24) is 0 Å². The Labute approximate surface area is 170 Å².